The molecule has 2 atom stereocenters. The van der Waals surface area contributed by atoms with Gasteiger partial charge in [0.05, 0.1) is 15.1 Å². The number of aromatic nitrogens is 3. The summed E-state index contributed by atoms with van der Waals surface area (Å²) in [5.41, 5.74) is 1.34. The molecule has 5 heterocycles. The molecule has 0 aromatic carbocycles. The first-order valence-corrected chi connectivity index (χ1v) is 13.8. The first-order chi connectivity index (χ1) is 19.2. The molecule has 0 radical (unpaired) electrons. The molecule has 41 heavy (non-hydrogen) atoms. The Labute approximate surface area is 246 Å². The fourth-order valence-corrected chi connectivity index (χ4v) is 6.29. The van der Waals surface area contributed by atoms with Gasteiger partial charge in [-0.15, -0.1) is 11.3 Å². The van der Waals surface area contributed by atoms with E-state index in [-0.39, 0.29) is 5.56 Å². The number of likely N-dealkylation sites (tertiary alicyclic amines) is 1. The van der Waals surface area contributed by atoms with Crippen LogP contribution in [0.5, 0.6) is 0 Å². The molecule has 0 bridgehead atoms. The van der Waals surface area contributed by atoms with E-state index in [9.17, 15) is 18.4 Å². The Bertz CT molecular complexity index is 1410. The van der Waals surface area contributed by atoms with Crippen molar-refractivity contribution in [2.45, 2.75) is 50.0 Å². The number of carbonyl (C=O) groups is 2. The highest BCUT2D eigenvalue weighted by Crippen LogP contribution is 2.52. The molecule has 1 saturated heterocycles. The number of rotatable bonds is 6. The van der Waals surface area contributed by atoms with Gasteiger partial charge in [-0.25, -0.2) is 19.3 Å². The van der Waals surface area contributed by atoms with Gasteiger partial charge in [0.2, 0.25) is 0 Å². The molecule has 0 saturated carbocycles. The maximum Gasteiger partial charge on any atom is 0.335 e. The molecule has 3 aromatic heterocycles. The number of aliphatic hydroxyl groups excluding tert-OH is 2. The normalized spacial score (nSPS) is 19.1. The van der Waals surface area contributed by atoms with E-state index in [2.05, 4.69) is 15.0 Å². The molecule has 0 aliphatic carbocycles. The predicted octanol–water partition coefficient (Wildman–Crippen LogP) is 3.43. The zero-order valence-corrected chi connectivity index (χ0v) is 23.8. The summed E-state index contributed by atoms with van der Waals surface area (Å²) in [6.07, 6.45) is 0.386. The van der Waals surface area contributed by atoms with Crippen LogP contribution in [0.25, 0.3) is 5.82 Å². The average molecular weight is 635 g/mol. The molecule has 222 valence electrons. The van der Waals surface area contributed by atoms with E-state index in [0.717, 1.165) is 24.3 Å². The summed E-state index contributed by atoms with van der Waals surface area (Å²) < 4.78 is 36.5. The van der Waals surface area contributed by atoms with Crippen LogP contribution in [0, 0.1) is 6.92 Å². The third-order valence-corrected chi connectivity index (χ3v) is 8.60. The molecule has 0 amide bonds. The van der Waals surface area contributed by atoms with Crippen molar-refractivity contribution in [2.75, 3.05) is 19.7 Å². The Morgan fingerprint density at radius 2 is 1.80 bits per heavy atom. The number of fused-ring (bicyclic) bond motifs is 2. The molecule has 11 nitrogen and oxygen atoms in total. The first kappa shape index (κ1) is 31.2. The standard InChI is InChI=1S/C21H20Cl2F2N4OS.C4H6O6/c1-13-14(11-29(27-13)19-16(22)3-2-6-26-19)10-28-7-4-20(5-8-28)18-15(9-17(23)31-18)21(24,25)12-30-20;5-1(3(7)8)2(6)4(9)10/h2-3,6,9,11H,4-5,7-8,10,12H2,1H3;1-2,5-6H,(H,7,8)(H,9,10). The van der Waals surface area contributed by atoms with E-state index in [1.165, 1.54) is 17.4 Å². The van der Waals surface area contributed by atoms with Gasteiger partial charge in [-0.05, 0) is 38.0 Å². The lowest BCUT2D eigenvalue weighted by Crippen LogP contribution is -2.48. The second-order valence-corrected chi connectivity index (χ2v) is 11.7. The molecule has 1 spiro atoms. The Morgan fingerprint density at radius 3 is 2.39 bits per heavy atom. The van der Waals surface area contributed by atoms with Gasteiger partial charge in [0.15, 0.2) is 18.0 Å². The van der Waals surface area contributed by atoms with Crippen molar-refractivity contribution in [3.63, 3.8) is 0 Å². The molecule has 2 aliphatic rings. The van der Waals surface area contributed by atoms with Crippen LogP contribution in [0.15, 0.2) is 30.6 Å². The number of carboxylic acid groups (broad SMARTS) is 2. The summed E-state index contributed by atoms with van der Waals surface area (Å²) in [7, 11) is 0. The number of pyridine rings is 1. The third kappa shape index (κ3) is 6.69. The van der Waals surface area contributed by atoms with Crippen molar-refractivity contribution in [3.8, 4) is 5.82 Å². The monoisotopic (exact) mass is 634 g/mol. The van der Waals surface area contributed by atoms with E-state index < -0.39 is 42.3 Å². The smallest absolute Gasteiger partial charge is 0.335 e. The SMILES string of the molecule is Cc1nn(-c2ncccc2Cl)cc1CN1CCC2(CC1)OCC(F)(F)c1cc(Cl)sc12.O=C(O)C(O)C(O)C(=O)O. The molecule has 2 unspecified atom stereocenters. The van der Waals surface area contributed by atoms with Gasteiger partial charge in [0.1, 0.15) is 12.2 Å². The highest BCUT2D eigenvalue weighted by atomic mass is 35.5. The maximum atomic E-state index is 14.3. The maximum absolute atomic E-state index is 14.3. The van der Waals surface area contributed by atoms with Crippen LogP contribution >= 0.6 is 34.5 Å². The van der Waals surface area contributed by atoms with Crippen LogP contribution < -0.4 is 0 Å². The highest BCUT2D eigenvalue weighted by Gasteiger charge is 2.51. The largest absolute Gasteiger partial charge is 0.479 e. The predicted molar refractivity (Wildman–Crippen MR) is 144 cm³/mol. The summed E-state index contributed by atoms with van der Waals surface area (Å²) in [6.45, 7) is 3.54. The minimum Gasteiger partial charge on any atom is -0.479 e. The number of hydrogen-bond donors (Lipinski definition) is 4. The van der Waals surface area contributed by atoms with Crippen molar-refractivity contribution in [2.24, 2.45) is 0 Å². The second-order valence-electron chi connectivity index (χ2n) is 9.62. The van der Waals surface area contributed by atoms with Crippen LogP contribution in [0.1, 0.15) is 34.5 Å². The Balaban J connectivity index is 0.000000334. The number of piperidine rings is 1. The van der Waals surface area contributed by atoms with Crippen molar-refractivity contribution in [3.05, 3.63) is 61.6 Å². The number of carboxylic acids is 2. The third-order valence-electron chi connectivity index (χ3n) is 6.86. The number of alkyl halides is 2. The molecule has 4 N–H and O–H groups in total. The number of halogens is 4. The lowest BCUT2D eigenvalue weighted by atomic mass is 9.84. The van der Waals surface area contributed by atoms with E-state index in [0.29, 0.717) is 39.4 Å². The topological polar surface area (TPSA) is 158 Å². The summed E-state index contributed by atoms with van der Waals surface area (Å²) in [4.78, 5) is 26.7. The second kappa shape index (κ2) is 12.3. The summed E-state index contributed by atoms with van der Waals surface area (Å²) >= 11 is 13.6. The summed E-state index contributed by atoms with van der Waals surface area (Å²) in [6, 6.07) is 4.96. The number of aliphatic hydroxyl groups is 2. The van der Waals surface area contributed by atoms with E-state index in [4.69, 9.17) is 48.4 Å². The van der Waals surface area contributed by atoms with Crippen molar-refractivity contribution in [1.29, 1.82) is 0 Å². The van der Waals surface area contributed by atoms with Gasteiger partial charge < -0.3 is 25.2 Å². The van der Waals surface area contributed by atoms with E-state index in [1.54, 1.807) is 23.0 Å². The lowest BCUT2D eigenvalue weighted by molar-refractivity contribution is -0.182. The quantitative estimate of drug-likeness (QED) is 0.316. The van der Waals surface area contributed by atoms with Gasteiger partial charge in [-0.3, -0.25) is 4.90 Å². The molecule has 5 rings (SSSR count). The van der Waals surface area contributed by atoms with Crippen LogP contribution in [-0.4, -0.2) is 83.9 Å². The highest BCUT2D eigenvalue weighted by molar-refractivity contribution is 7.16. The number of nitrogens with zero attached hydrogens (tertiary/aromatic N) is 4. The zero-order chi connectivity index (χ0) is 30.1. The van der Waals surface area contributed by atoms with Gasteiger partial charge in [-0.2, -0.15) is 13.9 Å². The number of hydrogen-bond acceptors (Lipinski definition) is 9. The van der Waals surface area contributed by atoms with Gasteiger partial charge in [-0.1, -0.05) is 23.2 Å². The number of thiophene rings is 1. The zero-order valence-electron chi connectivity index (χ0n) is 21.5. The number of aryl methyl sites for hydroxylation is 1. The van der Waals surface area contributed by atoms with Crippen molar-refractivity contribution >= 4 is 46.5 Å². The summed E-state index contributed by atoms with van der Waals surface area (Å²) in [5, 5.41) is 37.6. The van der Waals surface area contributed by atoms with Gasteiger partial charge >= 0.3 is 11.9 Å². The van der Waals surface area contributed by atoms with Crippen LogP contribution in [0.4, 0.5) is 8.78 Å². The van der Waals surface area contributed by atoms with E-state index in [1.807, 2.05) is 13.1 Å². The fourth-order valence-electron chi connectivity index (χ4n) is 4.60. The molecule has 16 heteroatoms. The fraction of sp³-hybridized carbons (Fsp3) is 0.440. The minimum absolute atomic E-state index is 0.0339. The Hall–Kier alpha value is -2.72. The van der Waals surface area contributed by atoms with Gasteiger partial charge in [0, 0.05) is 48.0 Å². The minimum atomic E-state index is -2.99. The number of ether oxygens (including phenoxy) is 1. The Kier molecular flexibility index (Phi) is 9.33. The van der Waals surface area contributed by atoms with Crippen molar-refractivity contribution < 1.29 is 43.5 Å². The lowest BCUT2D eigenvalue weighted by Gasteiger charge is -2.45. The summed E-state index contributed by atoms with van der Waals surface area (Å²) in [5.74, 6) is -5.93. The average Bonchev–Trinajstić information content (AvgIpc) is 3.51. The van der Waals surface area contributed by atoms with E-state index >= 15 is 0 Å². The molecular weight excluding hydrogens is 609 g/mol. The number of aliphatic carboxylic acids is 2. The Morgan fingerprint density at radius 1 is 1.17 bits per heavy atom. The van der Waals surface area contributed by atoms with Crippen LogP contribution in [0.2, 0.25) is 9.36 Å². The molecule has 1 fully saturated rings. The molecule has 2 aliphatic heterocycles. The van der Waals surface area contributed by atoms with Crippen LogP contribution in [-0.2, 0) is 32.4 Å². The molecular formula is C25H26Cl2F2N4O7S. The van der Waals surface area contributed by atoms with Gasteiger partial charge in [0.25, 0.3) is 5.92 Å². The van der Waals surface area contributed by atoms with Crippen molar-refractivity contribution in [1.82, 2.24) is 19.7 Å². The first-order valence-electron chi connectivity index (χ1n) is 12.3. The van der Waals surface area contributed by atoms with Crippen LogP contribution in [0.3, 0.4) is 0 Å². The molecule has 3 aromatic rings.